The van der Waals surface area contributed by atoms with Crippen LogP contribution in [-0.4, -0.2) is 37.2 Å². The molecule has 0 saturated heterocycles. The number of esters is 3. The number of unbranched alkanes of at least 4 members (excludes halogenated alkanes) is 46. The summed E-state index contributed by atoms with van der Waals surface area (Å²) >= 11 is 0. The van der Waals surface area contributed by atoms with Gasteiger partial charge in [-0.05, 0) is 77.0 Å². The molecule has 0 spiro atoms. The van der Waals surface area contributed by atoms with Gasteiger partial charge in [-0.1, -0.05) is 314 Å². The van der Waals surface area contributed by atoms with E-state index in [1.807, 2.05) is 0 Å². The third kappa shape index (κ3) is 62.5. The normalized spacial score (nSPS) is 12.2. The maximum absolute atomic E-state index is 12.9. The van der Waals surface area contributed by atoms with Gasteiger partial charge < -0.3 is 14.2 Å². The maximum Gasteiger partial charge on any atom is 0.306 e. The molecule has 0 amide bonds. The molecule has 0 rings (SSSR count). The highest BCUT2D eigenvalue weighted by Crippen LogP contribution is 2.18. The first-order chi connectivity index (χ1) is 37.5. The van der Waals surface area contributed by atoms with Crippen LogP contribution in [0.25, 0.3) is 0 Å². The lowest BCUT2D eigenvalue weighted by molar-refractivity contribution is -0.167. The first-order valence-electron chi connectivity index (χ1n) is 34.0. The average molecular weight is 1070 g/mol. The lowest BCUT2D eigenvalue weighted by atomic mass is 10.0. The van der Waals surface area contributed by atoms with Gasteiger partial charge in [0.1, 0.15) is 13.2 Å². The van der Waals surface area contributed by atoms with Gasteiger partial charge in [-0.25, -0.2) is 0 Å². The van der Waals surface area contributed by atoms with E-state index in [0.29, 0.717) is 19.3 Å². The van der Waals surface area contributed by atoms with E-state index in [-0.39, 0.29) is 31.1 Å². The Morgan fingerprint density at radius 3 is 0.750 bits per heavy atom. The molecule has 6 nitrogen and oxygen atoms in total. The first kappa shape index (κ1) is 73.6. The summed E-state index contributed by atoms with van der Waals surface area (Å²) < 4.78 is 17.0. The Kier molecular flexibility index (Phi) is 63.1. The minimum Gasteiger partial charge on any atom is -0.462 e. The summed E-state index contributed by atoms with van der Waals surface area (Å²) in [5.41, 5.74) is 0. The number of allylic oxidation sites excluding steroid dienone is 6. The van der Waals surface area contributed by atoms with Gasteiger partial charge in [0.25, 0.3) is 0 Å². The van der Waals surface area contributed by atoms with E-state index in [0.717, 1.165) is 77.0 Å². The summed E-state index contributed by atoms with van der Waals surface area (Å²) in [6.07, 6.45) is 80.2. The number of hydrogen-bond donors (Lipinski definition) is 0. The second-order valence-electron chi connectivity index (χ2n) is 23.1. The zero-order valence-corrected chi connectivity index (χ0v) is 51.3. The molecule has 0 aliphatic carbocycles. The molecular formula is C70H130O6. The van der Waals surface area contributed by atoms with Gasteiger partial charge in [-0.15, -0.1) is 0 Å². The number of ether oxygens (including phenoxy) is 3. The largest absolute Gasteiger partial charge is 0.462 e. The molecule has 1 atom stereocenters. The fourth-order valence-electron chi connectivity index (χ4n) is 10.2. The molecule has 0 aliphatic heterocycles. The predicted octanol–water partition coefficient (Wildman–Crippen LogP) is 23.2. The molecule has 0 bridgehead atoms. The lowest BCUT2D eigenvalue weighted by Gasteiger charge is -2.18. The van der Waals surface area contributed by atoms with Crippen molar-refractivity contribution >= 4 is 17.9 Å². The van der Waals surface area contributed by atoms with Crippen molar-refractivity contribution in [2.75, 3.05) is 13.2 Å². The van der Waals surface area contributed by atoms with Gasteiger partial charge in [0.15, 0.2) is 6.10 Å². The number of rotatable bonds is 63. The fraction of sp³-hybridized carbons (Fsp3) is 0.871. The highest BCUT2D eigenvalue weighted by Gasteiger charge is 2.19. The van der Waals surface area contributed by atoms with Gasteiger partial charge in [0.05, 0.1) is 0 Å². The summed E-state index contributed by atoms with van der Waals surface area (Å²) in [5, 5.41) is 0. The smallest absolute Gasteiger partial charge is 0.306 e. The van der Waals surface area contributed by atoms with E-state index in [4.69, 9.17) is 14.2 Å². The Labute approximate surface area is 474 Å². The molecule has 1 unspecified atom stereocenters. The second-order valence-corrected chi connectivity index (χ2v) is 23.1. The Bertz CT molecular complexity index is 1270. The van der Waals surface area contributed by atoms with Gasteiger partial charge in [-0.2, -0.15) is 0 Å². The van der Waals surface area contributed by atoms with Crippen molar-refractivity contribution in [2.24, 2.45) is 0 Å². The minimum atomic E-state index is -0.779. The Morgan fingerprint density at radius 2 is 0.474 bits per heavy atom. The van der Waals surface area contributed by atoms with Crippen LogP contribution in [0.15, 0.2) is 36.5 Å². The standard InChI is InChI=1S/C70H130O6/c1-4-7-10-13-16-19-22-25-28-31-33-34-35-36-37-38-40-42-45-48-51-54-57-60-63-69(72)75-66-67(65-74-68(71)62-59-56-53-50-47-44-41-30-27-24-21-18-15-12-9-6-3)76-70(73)64-61-58-55-52-49-46-43-39-32-29-26-23-20-17-14-11-8-5-2/h21,24,29-30,32,41,67H,4-20,22-23,25-28,31,33-40,42-66H2,1-3H3/b24-21-,32-29-,41-30-. The predicted molar refractivity (Wildman–Crippen MR) is 330 cm³/mol. The molecule has 0 aliphatic rings. The summed E-state index contributed by atoms with van der Waals surface area (Å²) in [6.45, 7) is 6.68. The van der Waals surface area contributed by atoms with Gasteiger partial charge in [-0.3, -0.25) is 14.4 Å². The molecule has 0 N–H and O–H groups in total. The van der Waals surface area contributed by atoms with E-state index >= 15 is 0 Å². The number of carbonyl (C=O) groups is 3. The molecule has 76 heavy (non-hydrogen) atoms. The molecule has 0 fully saturated rings. The fourth-order valence-corrected chi connectivity index (χ4v) is 10.2. The van der Waals surface area contributed by atoms with E-state index in [2.05, 4.69) is 57.2 Å². The quantitative estimate of drug-likeness (QED) is 0.0261. The Morgan fingerprint density at radius 1 is 0.263 bits per heavy atom. The third-order valence-corrected chi connectivity index (χ3v) is 15.4. The van der Waals surface area contributed by atoms with Gasteiger partial charge in [0, 0.05) is 19.3 Å². The van der Waals surface area contributed by atoms with Gasteiger partial charge >= 0.3 is 17.9 Å². The van der Waals surface area contributed by atoms with E-state index in [1.54, 1.807) is 0 Å². The van der Waals surface area contributed by atoms with Crippen molar-refractivity contribution in [2.45, 2.75) is 380 Å². The van der Waals surface area contributed by atoms with Crippen molar-refractivity contribution in [3.8, 4) is 0 Å². The molecule has 0 aromatic heterocycles. The van der Waals surface area contributed by atoms with E-state index in [9.17, 15) is 14.4 Å². The zero-order chi connectivity index (χ0) is 55.0. The molecular weight excluding hydrogens is 937 g/mol. The monoisotopic (exact) mass is 1070 g/mol. The summed E-state index contributed by atoms with van der Waals surface area (Å²) in [6, 6.07) is 0. The molecule has 0 saturated carbocycles. The van der Waals surface area contributed by atoms with E-state index < -0.39 is 6.10 Å². The van der Waals surface area contributed by atoms with Crippen molar-refractivity contribution in [3.63, 3.8) is 0 Å². The van der Waals surface area contributed by atoms with Crippen LogP contribution in [0.1, 0.15) is 374 Å². The Balaban J connectivity index is 4.29. The minimum absolute atomic E-state index is 0.0741. The van der Waals surface area contributed by atoms with Crippen LogP contribution < -0.4 is 0 Å². The van der Waals surface area contributed by atoms with E-state index in [1.165, 1.54) is 257 Å². The van der Waals surface area contributed by atoms with Crippen LogP contribution in [-0.2, 0) is 28.6 Å². The Hall–Kier alpha value is -2.37. The average Bonchev–Trinajstić information content (AvgIpc) is 3.42. The molecule has 0 heterocycles. The van der Waals surface area contributed by atoms with Crippen molar-refractivity contribution in [3.05, 3.63) is 36.5 Å². The number of hydrogen-bond acceptors (Lipinski definition) is 6. The van der Waals surface area contributed by atoms with Crippen LogP contribution in [0.4, 0.5) is 0 Å². The highest BCUT2D eigenvalue weighted by atomic mass is 16.6. The SMILES string of the molecule is CCCCCC/C=C\C/C=C\CCCCCCCC(=O)OCC(COC(=O)CCCCCCCCCCCCCCCCCCCCCCCCCC)OC(=O)CCCCCCCCC/C=C\CCCCCCCCC. The number of carbonyl (C=O) groups excluding carboxylic acids is 3. The molecule has 0 radical (unpaired) electrons. The molecule has 446 valence electrons. The lowest BCUT2D eigenvalue weighted by Crippen LogP contribution is -2.30. The summed E-state index contributed by atoms with van der Waals surface area (Å²) in [7, 11) is 0. The summed E-state index contributed by atoms with van der Waals surface area (Å²) in [4.78, 5) is 38.4. The van der Waals surface area contributed by atoms with Crippen molar-refractivity contribution in [1.82, 2.24) is 0 Å². The molecule has 0 aromatic rings. The first-order valence-corrected chi connectivity index (χ1v) is 34.0. The van der Waals surface area contributed by atoms with Crippen molar-refractivity contribution < 1.29 is 28.6 Å². The highest BCUT2D eigenvalue weighted by molar-refractivity contribution is 5.71. The second kappa shape index (κ2) is 65.2. The maximum atomic E-state index is 12.9. The topological polar surface area (TPSA) is 78.9 Å². The van der Waals surface area contributed by atoms with Crippen LogP contribution in [0.2, 0.25) is 0 Å². The van der Waals surface area contributed by atoms with Crippen LogP contribution in [0.5, 0.6) is 0 Å². The molecule has 6 heteroatoms. The third-order valence-electron chi connectivity index (χ3n) is 15.4. The van der Waals surface area contributed by atoms with Crippen LogP contribution in [0.3, 0.4) is 0 Å². The van der Waals surface area contributed by atoms with Crippen LogP contribution >= 0.6 is 0 Å². The van der Waals surface area contributed by atoms with Gasteiger partial charge in [0.2, 0.25) is 0 Å². The van der Waals surface area contributed by atoms with Crippen LogP contribution in [0, 0.1) is 0 Å². The van der Waals surface area contributed by atoms with Crippen molar-refractivity contribution in [1.29, 1.82) is 0 Å². The molecule has 0 aromatic carbocycles. The summed E-state index contributed by atoms with van der Waals surface area (Å²) in [5.74, 6) is -0.867. The zero-order valence-electron chi connectivity index (χ0n) is 51.3.